The number of likely N-dealkylation sites (N-methyl/N-ethyl adjacent to an activating group) is 1. The Bertz CT molecular complexity index is 2270. The second-order valence-corrected chi connectivity index (χ2v) is 13.6. The summed E-state index contributed by atoms with van der Waals surface area (Å²) in [5, 5.41) is 13.3. The van der Waals surface area contributed by atoms with E-state index in [0.29, 0.717) is 0 Å². The first-order valence-corrected chi connectivity index (χ1v) is 19.2. The summed E-state index contributed by atoms with van der Waals surface area (Å²) in [6.07, 6.45) is 11.7. The Kier molecular flexibility index (Phi) is 16.4. The van der Waals surface area contributed by atoms with Crippen molar-refractivity contribution in [1.29, 1.82) is 0 Å². The lowest BCUT2D eigenvalue weighted by Gasteiger charge is -2.26. The maximum atomic E-state index is 4.50. The van der Waals surface area contributed by atoms with Crippen molar-refractivity contribution in [2.24, 2.45) is 5.73 Å². The van der Waals surface area contributed by atoms with Crippen LogP contribution in [0.25, 0.3) is 32.3 Å². The zero-order chi connectivity index (χ0) is 39.7. The van der Waals surface area contributed by atoms with Gasteiger partial charge in [-0.05, 0) is 106 Å². The number of benzene rings is 6. The highest BCUT2D eigenvalue weighted by Gasteiger charge is 2.23. The molecule has 0 aliphatic rings. The predicted molar refractivity (Wildman–Crippen MR) is 243 cm³/mol. The van der Waals surface area contributed by atoms with Crippen molar-refractivity contribution in [3.8, 4) is 0 Å². The number of fused-ring (bicyclic) bond motifs is 3. The van der Waals surface area contributed by atoms with Crippen LogP contribution in [0.15, 0.2) is 182 Å². The largest absolute Gasteiger partial charge is 0.377 e. The Morgan fingerprint density at radius 3 is 1.36 bits per heavy atom. The lowest BCUT2D eigenvalue weighted by Crippen LogP contribution is -2.21. The number of nitrogens with one attached hydrogen (secondary N) is 2. The number of allylic oxidation sites excluding steroid dienone is 7. The lowest BCUT2D eigenvalue weighted by atomic mass is 9.80. The van der Waals surface area contributed by atoms with Crippen LogP contribution in [-0.2, 0) is 0 Å². The molecule has 0 radical (unpaired) electrons. The van der Waals surface area contributed by atoms with Crippen LogP contribution in [0.1, 0.15) is 54.4 Å². The molecule has 0 amide bonds. The molecule has 6 rings (SSSR count). The Hall–Kier alpha value is -5.52. The van der Waals surface area contributed by atoms with Crippen LogP contribution in [0.4, 0.5) is 0 Å². The molecular weight excluding hydrogens is 669 g/mol. The smallest absolute Gasteiger partial charge is 0.0449 e. The zero-order valence-corrected chi connectivity index (χ0v) is 33.9. The average molecular weight is 729 g/mol. The average Bonchev–Trinajstić information content (AvgIpc) is 3.22. The van der Waals surface area contributed by atoms with Gasteiger partial charge in [0.05, 0.1) is 0 Å². The molecule has 0 fully saturated rings. The van der Waals surface area contributed by atoms with E-state index in [2.05, 4.69) is 202 Å². The maximum absolute atomic E-state index is 4.50. The van der Waals surface area contributed by atoms with E-state index in [0.717, 1.165) is 24.4 Å². The number of rotatable bonds is 13. The molecule has 6 aromatic rings. The van der Waals surface area contributed by atoms with Crippen LogP contribution in [0, 0.1) is 0 Å². The van der Waals surface area contributed by atoms with Gasteiger partial charge in [0.2, 0.25) is 0 Å². The first kappa shape index (κ1) is 42.2. The molecule has 2 atom stereocenters. The van der Waals surface area contributed by atoms with E-state index >= 15 is 0 Å². The fourth-order valence-electron chi connectivity index (χ4n) is 7.36. The van der Waals surface area contributed by atoms with Crippen LogP contribution >= 0.6 is 0 Å². The molecule has 0 spiro atoms. The number of hydrogen-bond donors (Lipinski definition) is 3. The summed E-state index contributed by atoms with van der Waals surface area (Å²) < 4.78 is 0. The van der Waals surface area contributed by atoms with E-state index in [1.54, 1.807) is 0 Å². The molecule has 4 nitrogen and oxygen atoms in total. The molecule has 284 valence electrons. The molecule has 0 saturated heterocycles. The topological polar surface area (TPSA) is 53.3 Å². The standard InChI is InChI=1S/C47H45N.C3H10N2.CH5N/c1-7-15-35(16-8-2)46(40-25-21-33-17-11-13-19-36(33)29-40)41-27-23-39-32-43(28-24-38(39)31-41)47(44(9-3)45(10-4)48(5)6)42-26-22-34-18-12-14-20-37(34)30-42;1-4-3-5-2;1-2/h7,9-32,46-47H,3-4,8H2,1-2,5-6H3;4-5H,3H2,1-2H3;2H2,1H3/b15-7-,35-16+,45-44-;;. The number of nitrogens with two attached hydrogens (primary N) is 1. The van der Waals surface area contributed by atoms with Gasteiger partial charge in [0, 0.05) is 38.3 Å². The van der Waals surface area contributed by atoms with Gasteiger partial charge in [0.15, 0.2) is 0 Å². The van der Waals surface area contributed by atoms with Gasteiger partial charge in [-0.15, -0.1) is 0 Å². The second kappa shape index (κ2) is 21.4. The summed E-state index contributed by atoms with van der Waals surface area (Å²) in [7, 11) is 9.44. The van der Waals surface area contributed by atoms with Crippen molar-refractivity contribution in [2.75, 3.05) is 41.9 Å². The highest BCUT2D eigenvalue weighted by atomic mass is 15.1. The first-order chi connectivity index (χ1) is 26.9. The second-order valence-electron chi connectivity index (χ2n) is 13.6. The van der Waals surface area contributed by atoms with Crippen LogP contribution in [0.3, 0.4) is 0 Å². The van der Waals surface area contributed by atoms with Gasteiger partial charge in [0.1, 0.15) is 0 Å². The Labute approximate surface area is 330 Å². The van der Waals surface area contributed by atoms with Gasteiger partial charge in [-0.1, -0.05) is 166 Å². The third-order valence-electron chi connectivity index (χ3n) is 9.76. The Morgan fingerprint density at radius 1 is 0.618 bits per heavy atom. The fourth-order valence-corrected chi connectivity index (χ4v) is 7.36. The zero-order valence-electron chi connectivity index (χ0n) is 33.9. The SMILES string of the molecule is C=C/C(=C(\C=C)N(C)C)C(c1ccc2ccccc2c1)c1ccc2cc(C(C(/C=C\C)=C/CC)c3ccc4ccccc4c3)ccc2c1.CN.CNCNC. The minimum atomic E-state index is -0.00860. The highest BCUT2D eigenvalue weighted by molar-refractivity contribution is 5.87. The Morgan fingerprint density at radius 2 is 1.02 bits per heavy atom. The monoisotopic (exact) mass is 728 g/mol. The summed E-state index contributed by atoms with van der Waals surface area (Å²) >= 11 is 0. The van der Waals surface area contributed by atoms with E-state index in [4.69, 9.17) is 0 Å². The predicted octanol–water partition coefficient (Wildman–Crippen LogP) is 11.5. The molecule has 55 heavy (non-hydrogen) atoms. The van der Waals surface area contributed by atoms with Gasteiger partial charge >= 0.3 is 0 Å². The summed E-state index contributed by atoms with van der Waals surface area (Å²) in [6, 6.07) is 44.9. The molecule has 4 N–H and O–H groups in total. The highest BCUT2D eigenvalue weighted by Crippen LogP contribution is 2.40. The molecule has 0 saturated carbocycles. The van der Waals surface area contributed by atoms with Gasteiger partial charge in [-0.2, -0.15) is 0 Å². The molecular formula is C51H60N4. The quantitative estimate of drug-likeness (QED) is 0.0819. The van der Waals surface area contributed by atoms with E-state index in [1.165, 1.54) is 67.2 Å². The number of nitrogens with zero attached hydrogens (tertiary/aromatic N) is 1. The van der Waals surface area contributed by atoms with E-state index in [-0.39, 0.29) is 11.8 Å². The van der Waals surface area contributed by atoms with E-state index < -0.39 is 0 Å². The van der Waals surface area contributed by atoms with Crippen LogP contribution in [-0.4, -0.2) is 46.8 Å². The van der Waals surface area contributed by atoms with Crippen LogP contribution in [0.2, 0.25) is 0 Å². The van der Waals surface area contributed by atoms with Gasteiger partial charge in [-0.3, -0.25) is 0 Å². The van der Waals surface area contributed by atoms with Crippen molar-refractivity contribution in [2.45, 2.75) is 32.1 Å². The van der Waals surface area contributed by atoms with Crippen LogP contribution in [0.5, 0.6) is 0 Å². The maximum Gasteiger partial charge on any atom is 0.0449 e. The Balaban J connectivity index is 0.000000890. The van der Waals surface area contributed by atoms with Crippen molar-refractivity contribution in [3.63, 3.8) is 0 Å². The van der Waals surface area contributed by atoms with E-state index in [1.807, 2.05) is 26.2 Å². The molecule has 6 aromatic carbocycles. The minimum Gasteiger partial charge on any atom is -0.377 e. The first-order valence-electron chi connectivity index (χ1n) is 19.2. The van der Waals surface area contributed by atoms with Crippen LogP contribution < -0.4 is 16.4 Å². The van der Waals surface area contributed by atoms with Crippen molar-refractivity contribution >= 4 is 32.3 Å². The van der Waals surface area contributed by atoms with Gasteiger partial charge < -0.3 is 21.3 Å². The molecule has 0 aliphatic heterocycles. The summed E-state index contributed by atoms with van der Waals surface area (Å²) in [5.74, 6) is 0.122. The molecule has 0 aromatic heterocycles. The summed E-state index contributed by atoms with van der Waals surface area (Å²) in [5.41, 5.74) is 13.1. The third kappa shape index (κ3) is 10.4. The third-order valence-corrected chi connectivity index (χ3v) is 9.76. The summed E-state index contributed by atoms with van der Waals surface area (Å²) in [4.78, 5) is 2.13. The number of hydrogen-bond acceptors (Lipinski definition) is 4. The lowest BCUT2D eigenvalue weighted by molar-refractivity contribution is 0.521. The van der Waals surface area contributed by atoms with Gasteiger partial charge in [-0.25, -0.2) is 0 Å². The molecule has 0 bridgehead atoms. The van der Waals surface area contributed by atoms with Crippen molar-refractivity contribution in [3.05, 3.63) is 204 Å². The fraction of sp³-hybridized carbons (Fsp3) is 0.216. The molecule has 0 aliphatic carbocycles. The summed E-state index contributed by atoms with van der Waals surface area (Å²) in [6.45, 7) is 13.7. The molecule has 4 heteroatoms. The minimum absolute atomic E-state index is 0.00860. The van der Waals surface area contributed by atoms with Gasteiger partial charge in [0.25, 0.3) is 0 Å². The molecule has 2 unspecified atom stereocenters. The van der Waals surface area contributed by atoms with Crippen molar-refractivity contribution < 1.29 is 0 Å². The normalized spacial score (nSPS) is 13.0. The van der Waals surface area contributed by atoms with Crippen molar-refractivity contribution in [1.82, 2.24) is 15.5 Å². The molecule has 0 heterocycles. The van der Waals surface area contributed by atoms with E-state index in [9.17, 15) is 0 Å².